The summed E-state index contributed by atoms with van der Waals surface area (Å²) in [4.78, 5) is 0. The second kappa shape index (κ2) is 5.83. The average Bonchev–Trinajstić information content (AvgIpc) is 2.83. The van der Waals surface area contributed by atoms with Crippen LogP contribution >= 0.6 is 23.1 Å². The topological polar surface area (TPSA) is 32.3 Å². The maximum absolute atomic E-state index is 10.4. The Morgan fingerprint density at radius 3 is 2.84 bits per heavy atom. The Hall–Kier alpha value is -0.550. The van der Waals surface area contributed by atoms with Gasteiger partial charge < -0.3 is 10.4 Å². The van der Waals surface area contributed by atoms with Gasteiger partial charge in [0.1, 0.15) is 0 Å². The Bertz CT molecular complexity index is 546. The van der Waals surface area contributed by atoms with Gasteiger partial charge in [0.05, 0.1) is 5.60 Å². The molecule has 102 valence electrons. The first-order valence-corrected chi connectivity index (χ1v) is 8.76. The summed E-state index contributed by atoms with van der Waals surface area (Å²) < 4.78 is 1.34. The van der Waals surface area contributed by atoms with Gasteiger partial charge in [-0.25, -0.2) is 0 Å². The van der Waals surface area contributed by atoms with E-state index in [1.165, 1.54) is 15.6 Å². The predicted molar refractivity (Wildman–Crippen MR) is 85.0 cm³/mol. The van der Waals surface area contributed by atoms with Crippen molar-refractivity contribution in [3.8, 4) is 0 Å². The molecule has 2 N–H and O–H groups in total. The van der Waals surface area contributed by atoms with E-state index in [0.717, 1.165) is 30.9 Å². The van der Waals surface area contributed by atoms with Gasteiger partial charge in [-0.1, -0.05) is 18.2 Å². The van der Waals surface area contributed by atoms with Gasteiger partial charge in [-0.3, -0.25) is 0 Å². The molecule has 1 aliphatic heterocycles. The maximum Gasteiger partial charge on any atom is 0.0787 e. The Kier molecular flexibility index (Phi) is 4.12. The standard InChI is InChI=1S/C15H19NOS2/c17-15(5-7-18-8-6-15)11-16-9-12-10-19-14-4-2-1-3-13(12)14/h1-4,10,16-17H,5-9,11H2. The Labute approximate surface area is 122 Å². The molecule has 1 aromatic heterocycles. The zero-order valence-corrected chi connectivity index (χ0v) is 12.5. The van der Waals surface area contributed by atoms with Crippen molar-refractivity contribution in [2.75, 3.05) is 18.1 Å². The van der Waals surface area contributed by atoms with E-state index < -0.39 is 5.60 Å². The largest absolute Gasteiger partial charge is 0.389 e. The minimum absolute atomic E-state index is 0.489. The number of thiophene rings is 1. The van der Waals surface area contributed by atoms with E-state index in [2.05, 4.69) is 35.0 Å². The molecule has 3 rings (SSSR count). The number of rotatable bonds is 4. The highest BCUT2D eigenvalue weighted by atomic mass is 32.2. The van der Waals surface area contributed by atoms with E-state index >= 15 is 0 Å². The van der Waals surface area contributed by atoms with E-state index in [4.69, 9.17) is 0 Å². The van der Waals surface area contributed by atoms with Crippen molar-refractivity contribution in [1.29, 1.82) is 0 Å². The van der Waals surface area contributed by atoms with Crippen LogP contribution in [-0.4, -0.2) is 28.8 Å². The maximum atomic E-state index is 10.4. The van der Waals surface area contributed by atoms with Crippen molar-refractivity contribution in [1.82, 2.24) is 5.32 Å². The van der Waals surface area contributed by atoms with Crippen molar-refractivity contribution in [3.05, 3.63) is 35.2 Å². The van der Waals surface area contributed by atoms with Crippen molar-refractivity contribution in [2.45, 2.75) is 25.0 Å². The van der Waals surface area contributed by atoms with Crippen LogP contribution in [0, 0.1) is 0 Å². The fourth-order valence-electron chi connectivity index (χ4n) is 2.53. The first kappa shape index (κ1) is 13.4. The molecule has 1 saturated heterocycles. The van der Waals surface area contributed by atoms with Crippen LogP contribution in [0.4, 0.5) is 0 Å². The van der Waals surface area contributed by atoms with E-state index in [9.17, 15) is 5.11 Å². The number of hydrogen-bond donors (Lipinski definition) is 2. The van der Waals surface area contributed by atoms with Gasteiger partial charge in [0.2, 0.25) is 0 Å². The normalized spacial score (nSPS) is 18.8. The zero-order chi connectivity index (χ0) is 13.1. The number of fused-ring (bicyclic) bond motifs is 1. The molecule has 0 spiro atoms. The lowest BCUT2D eigenvalue weighted by atomic mass is 9.97. The van der Waals surface area contributed by atoms with Gasteiger partial charge in [0.15, 0.2) is 0 Å². The number of hydrogen-bond acceptors (Lipinski definition) is 4. The third kappa shape index (κ3) is 3.14. The SMILES string of the molecule is OC1(CNCc2csc3ccccc23)CCSCC1. The summed E-state index contributed by atoms with van der Waals surface area (Å²) in [6.45, 7) is 1.55. The summed E-state index contributed by atoms with van der Waals surface area (Å²) in [7, 11) is 0. The van der Waals surface area contributed by atoms with E-state index in [0.29, 0.717) is 6.54 Å². The highest BCUT2D eigenvalue weighted by Crippen LogP contribution is 2.27. The summed E-state index contributed by atoms with van der Waals surface area (Å²) >= 11 is 3.74. The van der Waals surface area contributed by atoms with Gasteiger partial charge in [-0.2, -0.15) is 11.8 Å². The highest BCUT2D eigenvalue weighted by Gasteiger charge is 2.28. The van der Waals surface area contributed by atoms with E-state index in [1.54, 1.807) is 11.3 Å². The number of benzene rings is 1. The molecular formula is C15H19NOS2. The Morgan fingerprint density at radius 1 is 1.21 bits per heavy atom. The molecule has 2 aromatic rings. The molecule has 0 bridgehead atoms. The molecule has 2 heterocycles. The van der Waals surface area contributed by atoms with Gasteiger partial charge in [-0.05, 0) is 46.7 Å². The number of nitrogens with one attached hydrogen (secondary N) is 1. The quantitative estimate of drug-likeness (QED) is 0.907. The molecule has 0 saturated carbocycles. The molecule has 0 aliphatic carbocycles. The first-order valence-electron chi connectivity index (χ1n) is 6.73. The summed E-state index contributed by atoms with van der Waals surface area (Å²) in [6.07, 6.45) is 1.82. The molecule has 1 fully saturated rings. The highest BCUT2D eigenvalue weighted by molar-refractivity contribution is 7.99. The van der Waals surface area contributed by atoms with Crippen molar-refractivity contribution >= 4 is 33.2 Å². The predicted octanol–water partition coefficient (Wildman–Crippen LogP) is 3.25. The molecule has 0 unspecified atom stereocenters. The summed E-state index contributed by atoms with van der Waals surface area (Å²) in [6, 6.07) is 8.51. The first-order chi connectivity index (χ1) is 9.27. The summed E-state index contributed by atoms with van der Waals surface area (Å²) in [5.74, 6) is 2.17. The fourth-order valence-corrected chi connectivity index (χ4v) is 4.74. The molecular weight excluding hydrogens is 274 g/mol. The molecule has 4 heteroatoms. The summed E-state index contributed by atoms with van der Waals surface area (Å²) in [5, 5.41) is 17.4. The Balaban J connectivity index is 1.60. The smallest absolute Gasteiger partial charge is 0.0787 e. The lowest BCUT2D eigenvalue weighted by molar-refractivity contribution is 0.0320. The zero-order valence-electron chi connectivity index (χ0n) is 10.9. The summed E-state index contributed by atoms with van der Waals surface area (Å²) in [5.41, 5.74) is 0.853. The second-order valence-electron chi connectivity index (χ2n) is 5.20. The monoisotopic (exact) mass is 293 g/mol. The second-order valence-corrected chi connectivity index (χ2v) is 7.33. The van der Waals surface area contributed by atoms with Crippen LogP contribution in [0.3, 0.4) is 0 Å². The minimum atomic E-state index is -0.489. The Morgan fingerprint density at radius 2 is 2.00 bits per heavy atom. The van der Waals surface area contributed by atoms with Crippen LogP contribution in [0.1, 0.15) is 18.4 Å². The third-order valence-electron chi connectivity index (χ3n) is 3.75. The van der Waals surface area contributed by atoms with Gasteiger partial charge in [0.25, 0.3) is 0 Å². The minimum Gasteiger partial charge on any atom is -0.389 e. The van der Waals surface area contributed by atoms with Crippen LogP contribution in [0.2, 0.25) is 0 Å². The molecule has 1 aliphatic rings. The lowest BCUT2D eigenvalue weighted by Gasteiger charge is -2.31. The fraction of sp³-hybridized carbons (Fsp3) is 0.467. The molecule has 2 nitrogen and oxygen atoms in total. The van der Waals surface area contributed by atoms with E-state index in [1.807, 2.05) is 11.8 Å². The van der Waals surface area contributed by atoms with Crippen LogP contribution in [0.5, 0.6) is 0 Å². The van der Waals surface area contributed by atoms with Crippen LogP contribution in [0.25, 0.3) is 10.1 Å². The van der Waals surface area contributed by atoms with Gasteiger partial charge in [0, 0.05) is 17.8 Å². The molecule has 19 heavy (non-hydrogen) atoms. The van der Waals surface area contributed by atoms with Crippen molar-refractivity contribution < 1.29 is 5.11 Å². The van der Waals surface area contributed by atoms with Crippen LogP contribution < -0.4 is 5.32 Å². The molecule has 0 radical (unpaired) electrons. The third-order valence-corrected chi connectivity index (χ3v) is 5.75. The van der Waals surface area contributed by atoms with Gasteiger partial charge >= 0.3 is 0 Å². The average molecular weight is 293 g/mol. The van der Waals surface area contributed by atoms with Crippen molar-refractivity contribution in [3.63, 3.8) is 0 Å². The lowest BCUT2D eigenvalue weighted by Crippen LogP contribution is -2.43. The molecule has 0 amide bonds. The van der Waals surface area contributed by atoms with Gasteiger partial charge in [-0.15, -0.1) is 11.3 Å². The molecule has 1 aromatic carbocycles. The van der Waals surface area contributed by atoms with Crippen LogP contribution in [0.15, 0.2) is 29.6 Å². The number of aliphatic hydroxyl groups is 1. The van der Waals surface area contributed by atoms with E-state index in [-0.39, 0.29) is 0 Å². The van der Waals surface area contributed by atoms with Crippen molar-refractivity contribution in [2.24, 2.45) is 0 Å². The van der Waals surface area contributed by atoms with Crippen LogP contribution in [-0.2, 0) is 6.54 Å². The molecule has 0 atom stereocenters. The number of thioether (sulfide) groups is 1.